The number of H-pyrrole nitrogens is 1. The number of aliphatic imine (C=N–C) groups is 1. The van der Waals surface area contributed by atoms with Crippen molar-refractivity contribution in [2.24, 2.45) is 4.99 Å². The Labute approximate surface area is 127 Å². The number of nitrogens with two attached hydrogens (primary N) is 2. The number of nitrogens with zero attached hydrogens (tertiary/aromatic N) is 2. The van der Waals surface area contributed by atoms with Gasteiger partial charge in [-0.1, -0.05) is 0 Å². The summed E-state index contributed by atoms with van der Waals surface area (Å²) < 4.78 is 0. The number of aromatic amines is 1. The molecule has 0 radical (unpaired) electrons. The number of anilines is 2. The van der Waals surface area contributed by atoms with E-state index in [1.807, 2.05) is 24.3 Å². The van der Waals surface area contributed by atoms with Crippen molar-refractivity contribution in [2.45, 2.75) is 0 Å². The van der Waals surface area contributed by atoms with Gasteiger partial charge >= 0.3 is 0 Å². The predicted octanol–water partition coefficient (Wildman–Crippen LogP) is 1.74. The molecule has 2 heterocycles. The Bertz CT molecular complexity index is 893. The third-order valence-electron chi connectivity index (χ3n) is 3.79. The van der Waals surface area contributed by atoms with Crippen molar-refractivity contribution in [2.75, 3.05) is 24.6 Å². The highest BCUT2D eigenvalue weighted by Gasteiger charge is 2.11. The highest BCUT2D eigenvalue weighted by atomic mass is 15.1. The molecule has 0 amide bonds. The smallest absolute Gasteiger partial charge is 0.138 e. The molecule has 110 valence electrons. The number of hydrogen-bond acceptors (Lipinski definition) is 5. The maximum absolute atomic E-state index is 5.87. The van der Waals surface area contributed by atoms with Gasteiger partial charge in [-0.2, -0.15) is 0 Å². The molecule has 0 unspecified atom stereocenters. The zero-order valence-electron chi connectivity index (χ0n) is 11.9. The van der Waals surface area contributed by atoms with E-state index >= 15 is 0 Å². The lowest BCUT2D eigenvalue weighted by molar-refractivity contribution is 0.960. The summed E-state index contributed by atoms with van der Waals surface area (Å²) in [4.78, 5) is 12.4. The number of fused-ring (bicyclic) bond motifs is 1. The number of nitrogens with one attached hydrogen (secondary N) is 2. The first-order valence-corrected chi connectivity index (χ1v) is 7.14. The van der Waals surface area contributed by atoms with Crippen LogP contribution >= 0.6 is 0 Å². The van der Waals surface area contributed by atoms with Crippen LogP contribution in [0.3, 0.4) is 0 Å². The number of benzene rings is 2. The van der Waals surface area contributed by atoms with Gasteiger partial charge in [0.15, 0.2) is 0 Å². The van der Waals surface area contributed by atoms with Crippen LogP contribution in [-0.4, -0.2) is 28.9 Å². The Morgan fingerprint density at radius 3 is 2.59 bits per heavy atom. The van der Waals surface area contributed by atoms with Crippen molar-refractivity contribution in [3.8, 4) is 11.4 Å². The van der Waals surface area contributed by atoms with Crippen molar-refractivity contribution in [1.29, 1.82) is 0 Å². The summed E-state index contributed by atoms with van der Waals surface area (Å²) in [6, 6.07) is 11.6. The zero-order chi connectivity index (χ0) is 15.1. The topological polar surface area (TPSA) is 105 Å². The number of aromatic nitrogens is 2. The number of imidazole rings is 1. The molecule has 6 nitrogen and oxygen atoms in total. The lowest BCUT2D eigenvalue weighted by atomic mass is 10.1. The van der Waals surface area contributed by atoms with Crippen LogP contribution in [0, 0.1) is 0 Å². The minimum atomic E-state index is 0.558. The Hall–Kier alpha value is -3.02. The van der Waals surface area contributed by atoms with Crippen molar-refractivity contribution < 1.29 is 0 Å². The average Bonchev–Trinajstić information content (AvgIpc) is 3.17. The number of nitrogen functional groups attached to an aromatic ring is 2. The minimum absolute atomic E-state index is 0.558. The second kappa shape index (κ2) is 4.77. The van der Waals surface area contributed by atoms with E-state index in [-0.39, 0.29) is 0 Å². The molecule has 1 aromatic heterocycles. The summed E-state index contributed by atoms with van der Waals surface area (Å²) >= 11 is 0. The van der Waals surface area contributed by atoms with Gasteiger partial charge < -0.3 is 21.8 Å². The maximum atomic E-state index is 5.87. The van der Waals surface area contributed by atoms with Crippen LogP contribution in [0.5, 0.6) is 0 Å². The first-order valence-electron chi connectivity index (χ1n) is 7.14. The van der Waals surface area contributed by atoms with E-state index in [4.69, 9.17) is 11.5 Å². The van der Waals surface area contributed by atoms with Crippen LogP contribution in [0.25, 0.3) is 22.4 Å². The fourth-order valence-electron chi connectivity index (χ4n) is 2.61. The molecule has 2 aromatic carbocycles. The van der Waals surface area contributed by atoms with E-state index in [9.17, 15) is 0 Å². The van der Waals surface area contributed by atoms with E-state index in [0.29, 0.717) is 11.4 Å². The Kier molecular flexibility index (Phi) is 2.75. The molecule has 22 heavy (non-hydrogen) atoms. The normalized spacial score (nSPS) is 14.1. The van der Waals surface area contributed by atoms with Crippen molar-refractivity contribution >= 4 is 28.2 Å². The standard InChI is InChI=1S/C16H16N6/c17-11-3-1-9(7-12(11)18)16-21-13-4-2-10(8-14(13)22-16)15-19-5-6-20-15/h1-4,7-8H,5-6,17-18H2,(H,19,20)(H,21,22). The second-order valence-electron chi connectivity index (χ2n) is 5.32. The third-order valence-corrected chi connectivity index (χ3v) is 3.79. The number of rotatable bonds is 2. The van der Waals surface area contributed by atoms with Gasteiger partial charge in [-0.05, 0) is 36.4 Å². The van der Waals surface area contributed by atoms with Gasteiger partial charge in [-0.25, -0.2) is 4.98 Å². The van der Waals surface area contributed by atoms with E-state index in [1.165, 1.54) is 0 Å². The molecule has 0 spiro atoms. The average molecular weight is 292 g/mol. The van der Waals surface area contributed by atoms with Gasteiger partial charge in [0, 0.05) is 17.7 Å². The van der Waals surface area contributed by atoms with E-state index in [1.54, 1.807) is 6.07 Å². The predicted molar refractivity (Wildman–Crippen MR) is 89.8 cm³/mol. The SMILES string of the molecule is Nc1ccc(-c2nc3ccc(C4=NCCN4)cc3[nH]2)cc1N. The molecule has 0 aliphatic carbocycles. The fraction of sp³-hybridized carbons (Fsp3) is 0.125. The summed E-state index contributed by atoms with van der Waals surface area (Å²) in [5.41, 5.74) is 16.6. The second-order valence-corrected chi connectivity index (χ2v) is 5.32. The van der Waals surface area contributed by atoms with Crippen LogP contribution in [0.4, 0.5) is 11.4 Å². The van der Waals surface area contributed by atoms with E-state index < -0.39 is 0 Å². The van der Waals surface area contributed by atoms with Crippen LogP contribution in [0.2, 0.25) is 0 Å². The minimum Gasteiger partial charge on any atom is -0.397 e. The van der Waals surface area contributed by atoms with Crippen LogP contribution in [0.15, 0.2) is 41.4 Å². The molecule has 1 aliphatic heterocycles. The molecule has 4 rings (SSSR count). The molecule has 0 atom stereocenters. The third kappa shape index (κ3) is 2.05. The van der Waals surface area contributed by atoms with Crippen LogP contribution < -0.4 is 16.8 Å². The molecule has 0 saturated heterocycles. The molecule has 0 saturated carbocycles. The Morgan fingerprint density at radius 2 is 1.82 bits per heavy atom. The largest absolute Gasteiger partial charge is 0.397 e. The molecule has 0 fully saturated rings. The van der Waals surface area contributed by atoms with Crippen molar-refractivity contribution in [3.05, 3.63) is 42.0 Å². The monoisotopic (exact) mass is 292 g/mol. The highest BCUT2D eigenvalue weighted by Crippen LogP contribution is 2.25. The van der Waals surface area contributed by atoms with Gasteiger partial charge in [0.2, 0.25) is 0 Å². The molecule has 6 N–H and O–H groups in total. The number of hydrogen-bond donors (Lipinski definition) is 4. The first kappa shape index (κ1) is 12.7. The lowest BCUT2D eigenvalue weighted by Crippen LogP contribution is -2.19. The lowest BCUT2D eigenvalue weighted by Gasteiger charge is -2.02. The van der Waals surface area contributed by atoms with Gasteiger partial charge in [0.05, 0.1) is 29.0 Å². The summed E-state index contributed by atoms with van der Waals surface area (Å²) in [7, 11) is 0. The van der Waals surface area contributed by atoms with Gasteiger partial charge in [0.1, 0.15) is 11.7 Å². The first-order chi connectivity index (χ1) is 10.7. The Balaban J connectivity index is 1.78. The fourth-order valence-corrected chi connectivity index (χ4v) is 2.61. The van der Waals surface area contributed by atoms with Crippen molar-refractivity contribution in [1.82, 2.24) is 15.3 Å². The molecular formula is C16H16N6. The maximum Gasteiger partial charge on any atom is 0.138 e. The Morgan fingerprint density at radius 1 is 0.955 bits per heavy atom. The van der Waals surface area contributed by atoms with E-state index in [2.05, 4.69) is 26.3 Å². The van der Waals surface area contributed by atoms with Gasteiger partial charge in [-0.3, -0.25) is 4.99 Å². The highest BCUT2D eigenvalue weighted by molar-refractivity contribution is 6.02. The molecule has 6 heteroatoms. The molecule has 1 aliphatic rings. The summed E-state index contributed by atoms with van der Waals surface area (Å²) in [5.74, 6) is 1.72. The van der Waals surface area contributed by atoms with E-state index in [0.717, 1.165) is 46.9 Å². The molecule has 3 aromatic rings. The van der Waals surface area contributed by atoms with Gasteiger partial charge in [0.25, 0.3) is 0 Å². The zero-order valence-corrected chi connectivity index (χ0v) is 11.9. The molecular weight excluding hydrogens is 276 g/mol. The summed E-state index contributed by atoms with van der Waals surface area (Å²) in [6.07, 6.45) is 0. The molecule has 0 bridgehead atoms. The van der Waals surface area contributed by atoms with Gasteiger partial charge in [-0.15, -0.1) is 0 Å². The summed E-state index contributed by atoms with van der Waals surface area (Å²) in [6.45, 7) is 1.72. The van der Waals surface area contributed by atoms with Crippen LogP contribution in [0.1, 0.15) is 5.56 Å². The quantitative estimate of drug-likeness (QED) is 0.540. The van der Waals surface area contributed by atoms with Crippen LogP contribution in [-0.2, 0) is 0 Å². The number of amidine groups is 1. The van der Waals surface area contributed by atoms with Crippen molar-refractivity contribution in [3.63, 3.8) is 0 Å². The summed E-state index contributed by atoms with van der Waals surface area (Å²) in [5, 5.41) is 3.28.